The predicted octanol–water partition coefficient (Wildman–Crippen LogP) is 10.1. The van der Waals surface area contributed by atoms with Crippen LogP contribution in [0.5, 0.6) is 0 Å². The lowest BCUT2D eigenvalue weighted by Gasteiger charge is -2.46. The Morgan fingerprint density at radius 1 is 0.559 bits per heavy atom. The molecule has 2 aliphatic heterocycles. The van der Waals surface area contributed by atoms with Gasteiger partial charge in [-0.15, -0.1) is 0 Å². The van der Waals surface area contributed by atoms with Crippen LogP contribution < -0.4 is 10.6 Å². The molecule has 2 unspecified atom stereocenters. The predicted molar refractivity (Wildman–Crippen MR) is 237 cm³/mol. The van der Waals surface area contributed by atoms with Gasteiger partial charge in [0.2, 0.25) is 5.91 Å². The van der Waals surface area contributed by atoms with Crippen LogP contribution in [0.1, 0.15) is 203 Å². The van der Waals surface area contributed by atoms with E-state index in [9.17, 15) is 24.4 Å². The average molecular weight is 835 g/mol. The van der Waals surface area contributed by atoms with Crippen molar-refractivity contribution in [1.82, 2.24) is 15.7 Å². The summed E-state index contributed by atoms with van der Waals surface area (Å²) < 4.78 is 18.8. The molecule has 1 amide bonds. The van der Waals surface area contributed by atoms with Gasteiger partial charge >= 0.3 is 17.9 Å². The standard InChI is InChI=1S/C48H88N3O8/c1-41(2,3)23-31(24-42(4,5)6)51(56)37(52)21-35(39(54)59-34-29-47(17,18)50-48(19,20)30-34)36(40(55)58-32(25-43(7,8)9)26-44(10,11)12)22-38(53)57-33-27-45(13,14)49-46(15,16)28-33/h31-36,49-50H,21-30H2,1-20H3/q-1. The average Bonchev–Trinajstić information content (AvgIpc) is 2.91. The van der Waals surface area contributed by atoms with Crippen molar-refractivity contribution >= 4 is 23.8 Å². The molecule has 0 bridgehead atoms. The third-order valence-electron chi connectivity index (χ3n) is 11.0. The maximum atomic E-state index is 14.8. The third kappa shape index (κ3) is 20.0. The molecule has 11 nitrogen and oxygen atoms in total. The third-order valence-corrected chi connectivity index (χ3v) is 11.0. The number of piperidine rings is 2. The van der Waals surface area contributed by atoms with Gasteiger partial charge in [0.25, 0.3) is 0 Å². The van der Waals surface area contributed by atoms with E-state index in [1.807, 2.05) is 69.2 Å². The fraction of sp³-hybridized carbons (Fsp3) is 0.917. The Bertz CT molecular complexity index is 1380. The zero-order chi connectivity index (χ0) is 46.0. The normalized spacial score (nSPS) is 21.1. The van der Waals surface area contributed by atoms with Gasteiger partial charge in [0.15, 0.2) is 0 Å². The second-order valence-electron chi connectivity index (χ2n) is 25.9. The van der Waals surface area contributed by atoms with Crippen LogP contribution in [0.3, 0.4) is 0 Å². The van der Waals surface area contributed by atoms with E-state index in [2.05, 4.69) is 79.9 Å². The van der Waals surface area contributed by atoms with E-state index in [1.54, 1.807) is 0 Å². The van der Waals surface area contributed by atoms with E-state index in [-0.39, 0.29) is 43.8 Å². The number of hydrogen-bond acceptors (Lipinski definition) is 10. The summed E-state index contributed by atoms with van der Waals surface area (Å²) >= 11 is 0. The first-order valence-electron chi connectivity index (χ1n) is 22.3. The molecule has 11 heteroatoms. The molecular weight excluding hydrogens is 747 g/mol. The van der Waals surface area contributed by atoms with Gasteiger partial charge in [-0.1, -0.05) is 83.1 Å². The number of amides is 1. The van der Waals surface area contributed by atoms with Crippen LogP contribution in [0.2, 0.25) is 0 Å². The molecular formula is C48H88N3O8-. The molecule has 2 aliphatic rings. The van der Waals surface area contributed by atoms with Gasteiger partial charge in [-0.25, -0.2) is 0 Å². The van der Waals surface area contributed by atoms with Gasteiger partial charge in [-0.3, -0.25) is 19.2 Å². The van der Waals surface area contributed by atoms with Gasteiger partial charge in [0.1, 0.15) is 18.3 Å². The minimum absolute atomic E-state index is 0.208. The smallest absolute Gasteiger partial charge is 0.310 e. The van der Waals surface area contributed by atoms with Crippen LogP contribution in [-0.2, 0) is 33.4 Å². The molecule has 0 aromatic carbocycles. The number of nitrogens with one attached hydrogen (secondary N) is 2. The minimum Gasteiger partial charge on any atom is -0.756 e. The summed E-state index contributed by atoms with van der Waals surface area (Å²) in [4.78, 5) is 58.1. The number of ether oxygens (including phenoxy) is 3. The summed E-state index contributed by atoms with van der Waals surface area (Å²) in [6.07, 6.45) is 1.39. The second kappa shape index (κ2) is 19.0. The van der Waals surface area contributed by atoms with Crippen molar-refractivity contribution in [2.45, 2.75) is 249 Å². The highest BCUT2D eigenvalue weighted by Gasteiger charge is 2.46. The summed E-state index contributed by atoms with van der Waals surface area (Å²) in [5.41, 5.74) is -2.33. The maximum absolute atomic E-state index is 14.8. The van der Waals surface area contributed by atoms with Crippen molar-refractivity contribution in [3.8, 4) is 0 Å². The lowest BCUT2D eigenvalue weighted by Crippen LogP contribution is -2.60. The Labute approximate surface area is 359 Å². The van der Waals surface area contributed by atoms with E-state index in [4.69, 9.17) is 14.2 Å². The fourth-order valence-electron chi connectivity index (χ4n) is 9.98. The van der Waals surface area contributed by atoms with Crippen molar-refractivity contribution < 1.29 is 33.4 Å². The molecule has 0 spiro atoms. The summed E-state index contributed by atoms with van der Waals surface area (Å²) in [7, 11) is 0. The molecule has 0 aromatic heterocycles. The Morgan fingerprint density at radius 2 is 0.898 bits per heavy atom. The van der Waals surface area contributed by atoms with E-state index < -0.39 is 72.8 Å². The summed E-state index contributed by atoms with van der Waals surface area (Å²) in [5, 5.41) is 21.9. The van der Waals surface area contributed by atoms with Gasteiger partial charge in [-0.2, -0.15) is 0 Å². The van der Waals surface area contributed by atoms with Crippen LogP contribution >= 0.6 is 0 Å². The maximum Gasteiger partial charge on any atom is 0.310 e. The van der Waals surface area contributed by atoms with E-state index >= 15 is 0 Å². The number of rotatable bonds is 15. The SMILES string of the molecule is CC(C)(C)CC(CC(C)(C)C)OC(=O)C(CC(=O)OC1CC(C)(C)NC(C)(C)C1)C(CC(=O)N([O-])C(CC(C)(C)C)CC(C)(C)C)C(=O)OC1CC(C)(C)NC(C)(C)C1. The molecule has 59 heavy (non-hydrogen) atoms. The Balaban J connectivity index is 2.72. The van der Waals surface area contributed by atoms with Crippen molar-refractivity contribution in [1.29, 1.82) is 0 Å². The number of hydroxylamine groups is 2. The van der Waals surface area contributed by atoms with E-state index in [0.717, 1.165) is 0 Å². The zero-order valence-corrected chi connectivity index (χ0v) is 41.2. The Hall–Kier alpha value is -2.24. The summed E-state index contributed by atoms with van der Waals surface area (Å²) in [6, 6.07) is -0.671. The summed E-state index contributed by atoms with van der Waals surface area (Å²) in [5.74, 6) is -5.98. The van der Waals surface area contributed by atoms with Crippen LogP contribution in [0, 0.1) is 38.7 Å². The largest absolute Gasteiger partial charge is 0.756 e. The monoisotopic (exact) mass is 835 g/mol. The highest BCUT2D eigenvalue weighted by Crippen LogP contribution is 2.38. The Kier molecular flexibility index (Phi) is 17.1. The molecule has 2 atom stereocenters. The second-order valence-corrected chi connectivity index (χ2v) is 25.9. The highest BCUT2D eigenvalue weighted by atomic mass is 16.6. The Morgan fingerprint density at radius 3 is 1.25 bits per heavy atom. The fourth-order valence-corrected chi connectivity index (χ4v) is 9.98. The lowest BCUT2D eigenvalue weighted by molar-refractivity contribution is -0.175. The van der Waals surface area contributed by atoms with Gasteiger partial charge in [0, 0.05) is 60.3 Å². The first kappa shape index (κ1) is 52.9. The molecule has 2 heterocycles. The molecule has 344 valence electrons. The number of hydrogen-bond donors (Lipinski definition) is 2. The van der Waals surface area contributed by atoms with Crippen molar-refractivity contribution in [3.05, 3.63) is 5.21 Å². The topological polar surface area (TPSA) is 146 Å². The number of carbonyl (C=O) groups is 4. The lowest BCUT2D eigenvalue weighted by atomic mass is 9.79. The van der Waals surface area contributed by atoms with Crippen molar-refractivity contribution in [3.63, 3.8) is 0 Å². The molecule has 2 rings (SSSR count). The van der Waals surface area contributed by atoms with Crippen LogP contribution in [0.15, 0.2) is 0 Å². The molecule has 2 fully saturated rings. The quantitative estimate of drug-likeness (QED) is 0.0929. The number of carbonyl (C=O) groups excluding carboxylic acids is 4. The van der Waals surface area contributed by atoms with Gasteiger partial charge < -0.3 is 35.1 Å². The van der Waals surface area contributed by atoms with Gasteiger partial charge in [0.05, 0.1) is 18.3 Å². The van der Waals surface area contributed by atoms with Crippen LogP contribution in [0.25, 0.3) is 0 Å². The van der Waals surface area contributed by atoms with Crippen LogP contribution in [0.4, 0.5) is 0 Å². The molecule has 0 radical (unpaired) electrons. The van der Waals surface area contributed by atoms with Gasteiger partial charge in [-0.05, 0) is 103 Å². The minimum atomic E-state index is -1.48. The molecule has 2 saturated heterocycles. The molecule has 0 saturated carbocycles. The molecule has 0 aromatic rings. The van der Waals surface area contributed by atoms with Crippen molar-refractivity contribution in [2.24, 2.45) is 33.5 Å². The number of nitrogens with zero attached hydrogens (tertiary/aromatic N) is 1. The zero-order valence-electron chi connectivity index (χ0n) is 41.2. The van der Waals surface area contributed by atoms with E-state index in [1.165, 1.54) is 0 Å². The van der Waals surface area contributed by atoms with Crippen molar-refractivity contribution in [2.75, 3.05) is 0 Å². The highest BCUT2D eigenvalue weighted by molar-refractivity contribution is 5.90. The molecule has 2 N–H and O–H groups in total. The first-order chi connectivity index (χ1) is 26.1. The van der Waals surface area contributed by atoms with E-state index in [0.29, 0.717) is 56.4 Å². The van der Waals surface area contributed by atoms with Crippen LogP contribution in [-0.4, -0.2) is 75.4 Å². The molecule has 0 aliphatic carbocycles. The number of esters is 3. The summed E-state index contributed by atoms with van der Waals surface area (Å²) in [6.45, 7) is 41.0. The first-order valence-corrected chi connectivity index (χ1v) is 22.3.